The van der Waals surface area contributed by atoms with Crippen LogP contribution in [-0.2, 0) is 42.7 Å². The van der Waals surface area contributed by atoms with Gasteiger partial charge in [-0.15, -0.1) is 0 Å². The second-order valence-corrected chi connectivity index (χ2v) is 7.12. The minimum atomic E-state index is -0.508. The van der Waals surface area contributed by atoms with E-state index in [2.05, 4.69) is 10.1 Å². The summed E-state index contributed by atoms with van der Waals surface area (Å²) in [7, 11) is 1.31. The largest absolute Gasteiger partial charge is 0.467 e. The van der Waals surface area contributed by atoms with E-state index >= 15 is 0 Å². The Balaban J connectivity index is 3.14. The number of methoxy groups -OCH3 is 1. The van der Waals surface area contributed by atoms with Crippen LogP contribution < -0.4 is 5.32 Å². The van der Waals surface area contributed by atoms with Gasteiger partial charge in [0.1, 0.15) is 12.2 Å². The first-order valence-electron chi connectivity index (χ1n) is 10.4. The first-order chi connectivity index (χ1) is 14.8. The fourth-order valence-corrected chi connectivity index (χ4v) is 1.85. The number of alkyl carbamates (subject to hydrolysis) is 1. The summed E-state index contributed by atoms with van der Waals surface area (Å²) in [5, 5.41) is 2.61. The molecule has 0 aromatic carbocycles. The normalized spacial score (nSPS) is 11.4. The van der Waals surface area contributed by atoms with Gasteiger partial charge in [0.2, 0.25) is 0 Å². The van der Waals surface area contributed by atoms with E-state index in [1.165, 1.54) is 7.11 Å². The molecule has 0 aliphatic rings. The third-order valence-corrected chi connectivity index (χ3v) is 3.22. The molecule has 0 spiro atoms. The van der Waals surface area contributed by atoms with Crippen molar-refractivity contribution in [1.82, 2.24) is 5.32 Å². The van der Waals surface area contributed by atoms with E-state index in [1.807, 2.05) is 20.8 Å². The summed E-state index contributed by atoms with van der Waals surface area (Å²) < 4.78 is 41.3. The summed E-state index contributed by atoms with van der Waals surface area (Å²) in [6.07, 6.45) is -0.455. The van der Waals surface area contributed by atoms with Crippen molar-refractivity contribution in [3.8, 4) is 0 Å². The number of hydrogen-bond donors (Lipinski definition) is 1. The number of esters is 1. The molecule has 0 atom stereocenters. The maximum absolute atomic E-state index is 11.4. The smallest absolute Gasteiger partial charge is 0.407 e. The highest BCUT2D eigenvalue weighted by molar-refractivity contribution is 5.70. The van der Waals surface area contributed by atoms with Gasteiger partial charge in [-0.2, -0.15) is 0 Å². The molecule has 0 aliphatic carbocycles. The topological polar surface area (TPSA) is 120 Å². The highest BCUT2D eigenvalue weighted by Crippen LogP contribution is 2.05. The molecule has 0 saturated carbocycles. The Morgan fingerprint density at radius 2 is 1.03 bits per heavy atom. The average Bonchev–Trinajstić information content (AvgIpc) is 2.70. The number of rotatable bonds is 20. The summed E-state index contributed by atoms with van der Waals surface area (Å²) in [5.74, 6) is -0.410. The van der Waals surface area contributed by atoms with Crippen LogP contribution in [0, 0.1) is 0 Å². The van der Waals surface area contributed by atoms with Crippen LogP contribution in [0.5, 0.6) is 0 Å². The fraction of sp³-hybridized carbons (Fsp3) is 0.900. The van der Waals surface area contributed by atoms with E-state index in [0.29, 0.717) is 79.2 Å². The highest BCUT2D eigenvalue weighted by atomic mass is 16.6. The molecule has 0 saturated heterocycles. The van der Waals surface area contributed by atoms with Crippen molar-refractivity contribution in [2.75, 3.05) is 92.9 Å². The molecule has 0 bridgehead atoms. The molecule has 0 unspecified atom stereocenters. The Morgan fingerprint density at radius 3 is 1.42 bits per heavy atom. The summed E-state index contributed by atoms with van der Waals surface area (Å²) in [6, 6.07) is 0. The number of nitrogens with one attached hydrogen (secondary N) is 1. The average molecular weight is 454 g/mol. The SMILES string of the molecule is COC(=O)COCCOCCOCCOCCOCCOCCNC(=O)OC(C)(C)C. The zero-order valence-electron chi connectivity index (χ0n) is 19.3. The molecule has 0 aromatic heterocycles. The highest BCUT2D eigenvalue weighted by Gasteiger charge is 2.15. The molecular weight excluding hydrogens is 414 g/mol. The minimum absolute atomic E-state index is 0.0717. The molecule has 0 radical (unpaired) electrons. The van der Waals surface area contributed by atoms with Gasteiger partial charge in [0.15, 0.2) is 0 Å². The third-order valence-electron chi connectivity index (χ3n) is 3.22. The molecule has 0 heterocycles. The monoisotopic (exact) mass is 453 g/mol. The summed E-state index contributed by atoms with van der Waals surface area (Å²) in [5.41, 5.74) is -0.508. The Kier molecular flexibility index (Phi) is 19.4. The summed E-state index contributed by atoms with van der Waals surface area (Å²) in [4.78, 5) is 22.2. The zero-order chi connectivity index (χ0) is 23.2. The Bertz CT molecular complexity index is 442. The van der Waals surface area contributed by atoms with Crippen molar-refractivity contribution >= 4 is 12.1 Å². The lowest BCUT2D eigenvalue weighted by Crippen LogP contribution is -2.34. The van der Waals surface area contributed by atoms with Crippen LogP contribution in [0.1, 0.15) is 20.8 Å². The molecule has 1 N–H and O–H groups in total. The van der Waals surface area contributed by atoms with Crippen LogP contribution in [-0.4, -0.2) is 111 Å². The molecule has 31 heavy (non-hydrogen) atoms. The lowest BCUT2D eigenvalue weighted by atomic mass is 10.2. The Morgan fingerprint density at radius 1 is 0.645 bits per heavy atom. The standard InChI is InChI=1S/C20H39NO10/c1-20(2,3)31-19(23)21-5-6-25-7-8-26-9-10-27-11-12-28-13-14-29-15-16-30-17-18(22)24-4/h5-17H2,1-4H3,(H,21,23). The molecule has 1 amide bonds. The van der Waals surface area contributed by atoms with Crippen LogP contribution in [0.4, 0.5) is 4.79 Å². The Labute approximate surface area is 184 Å². The number of hydrogen-bond acceptors (Lipinski definition) is 10. The zero-order valence-corrected chi connectivity index (χ0v) is 19.3. The predicted octanol–water partition coefficient (Wildman–Crippen LogP) is 0.784. The van der Waals surface area contributed by atoms with Gasteiger partial charge >= 0.3 is 12.1 Å². The van der Waals surface area contributed by atoms with Crippen LogP contribution in [0.25, 0.3) is 0 Å². The van der Waals surface area contributed by atoms with Gasteiger partial charge < -0.3 is 43.2 Å². The predicted molar refractivity (Wildman–Crippen MR) is 111 cm³/mol. The second-order valence-electron chi connectivity index (χ2n) is 7.12. The molecular formula is C20H39NO10. The van der Waals surface area contributed by atoms with Crippen molar-refractivity contribution < 1.29 is 47.5 Å². The number of ether oxygens (including phenoxy) is 8. The lowest BCUT2D eigenvalue weighted by Gasteiger charge is -2.19. The minimum Gasteiger partial charge on any atom is -0.467 e. The van der Waals surface area contributed by atoms with Crippen LogP contribution in [0.2, 0.25) is 0 Å². The van der Waals surface area contributed by atoms with Crippen molar-refractivity contribution in [2.24, 2.45) is 0 Å². The van der Waals surface area contributed by atoms with E-state index in [-0.39, 0.29) is 6.61 Å². The maximum Gasteiger partial charge on any atom is 0.407 e. The van der Waals surface area contributed by atoms with E-state index in [0.717, 1.165) is 0 Å². The van der Waals surface area contributed by atoms with Crippen molar-refractivity contribution in [2.45, 2.75) is 26.4 Å². The first-order valence-corrected chi connectivity index (χ1v) is 10.4. The van der Waals surface area contributed by atoms with Crippen molar-refractivity contribution in [3.05, 3.63) is 0 Å². The van der Waals surface area contributed by atoms with E-state index in [4.69, 9.17) is 33.2 Å². The van der Waals surface area contributed by atoms with Gasteiger partial charge in [-0.05, 0) is 20.8 Å². The van der Waals surface area contributed by atoms with E-state index < -0.39 is 17.7 Å². The lowest BCUT2D eigenvalue weighted by molar-refractivity contribution is -0.146. The fourth-order valence-electron chi connectivity index (χ4n) is 1.85. The number of carbonyl (C=O) groups is 2. The van der Waals surface area contributed by atoms with Gasteiger partial charge in [-0.25, -0.2) is 9.59 Å². The van der Waals surface area contributed by atoms with Crippen LogP contribution in [0.15, 0.2) is 0 Å². The van der Waals surface area contributed by atoms with Gasteiger partial charge in [0, 0.05) is 6.54 Å². The van der Waals surface area contributed by atoms with Gasteiger partial charge in [0.25, 0.3) is 0 Å². The first kappa shape index (κ1) is 29.5. The van der Waals surface area contributed by atoms with E-state index in [9.17, 15) is 9.59 Å². The number of carbonyl (C=O) groups excluding carboxylic acids is 2. The van der Waals surface area contributed by atoms with Crippen molar-refractivity contribution in [1.29, 1.82) is 0 Å². The van der Waals surface area contributed by atoms with Gasteiger partial charge in [-0.3, -0.25) is 0 Å². The summed E-state index contributed by atoms with van der Waals surface area (Å²) in [6.45, 7) is 10.5. The Hall–Kier alpha value is -1.50. The van der Waals surface area contributed by atoms with Gasteiger partial charge in [0.05, 0.1) is 79.8 Å². The quantitative estimate of drug-likeness (QED) is 0.209. The van der Waals surface area contributed by atoms with Gasteiger partial charge in [-0.1, -0.05) is 0 Å². The van der Waals surface area contributed by atoms with Crippen LogP contribution >= 0.6 is 0 Å². The molecule has 0 rings (SSSR count). The molecule has 0 fully saturated rings. The second kappa shape index (κ2) is 20.4. The van der Waals surface area contributed by atoms with Crippen LogP contribution in [0.3, 0.4) is 0 Å². The van der Waals surface area contributed by atoms with E-state index in [1.54, 1.807) is 0 Å². The molecule has 11 nitrogen and oxygen atoms in total. The number of amides is 1. The molecule has 0 aromatic rings. The summed E-state index contributed by atoms with van der Waals surface area (Å²) >= 11 is 0. The molecule has 11 heteroatoms. The van der Waals surface area contributed by atoms with Crippen molar-refractivity contribution in [3.63, 3.8) is 0 Å². The maximum atomic E-state index is 11.4. The molecule has 0 aliphatic heterocycles. The molecule has 184 valence electrons. The third kappa shape index (κ3) is 24.6.